The van der Waals surface area contributed by atoms with Gasteiger partial charge < -0.3 is 10.6 Å². The minimum atomic E-state index is 0.269. The Morgan fingerprint density at radius 2 is 1.74 bits per heavy atom. The average Bonchev–Trinajstić information content (AvgIpc) is 2.39. The summed E-state index contributed by atoms with van der Waals surface area (Å²) >= 11 is 0. The van der Waals surface area contributed by atoms with E-state index in [-0.39, 0.29) is 6.04 Å². The largest absolute Gasteiger partial charge is 0.371 e. The molecule has 0 amide bonds. The van der Waals surface area contributed by atoms with Crippen LogP contribution >= 0.6 is 0 Å². The molecule has 0 heterocycles. The van der Waals surface area contributed by atoms with E-state index in [1.807, 2.05) is 0 Å². The van der Waals surface area contributed by atoms with Gasteiger partial charge in [-0.2, -0.15) is 0 Å². The zero-order valence-corrected chi connectivity index (χ0v) is 13.1. The zero-order chi connectivity index (χ0) is 14.3. The summed E-state index contributed by atoms with van der Waals surface area (Å²) in [6, 6.07) is 7.07. The quantitative estimate of drug-likeness (QED) is 0.770. The van der Waals surface area contributed by atoms with E-state index in [2.05, 4.69) is 50.8 Å². The van der Waals surface area contributed by atoms with Crippen LogP contribution < -0.4 is 10.6 Å². The van der Waals surface area contributed by atoms with Gasteiger partial charge in [0.2, 0.25) is 0 Å². The fourth-order valence-corrected chi connectivity index (χ4v) is 2.51. The van der Waals surface area contributed by atoms with Gasteiger partial charge in [0.25, 0.3) is 0 Å². The summed E-state index contributed by atoms with van der Waals surface area (Å²) in [5.74, 6) is 0. The summed E-state index contributed by atoms with van der Waals surface area (Å²) in [6.07, 6.45) is 4.40. The standard InChI is InChI=1S/C17H30N2/c1-5-10-19(11-6-2)17-9-8-14(4)12-15(17)13-16(18)7-3/h8-9,12,16H,5-7,10-11,13,18H2,1-4H3. The van der Waals surface area contributed by atoms with E-state index >= 15 is 0 Å². The molecule has 1 unspecified atom stereocenters. The first-order valence-corrected chi connectivity index (χ1v) is 7.72. The van der Waals surface area contributed by atoms with Gasteiger partial charge in [-0.05, 0) is 44.2 Å². The molecule has 0 spiro atoms. The van der Waals surface area contributed by atoms with E-state index in [1.165, 1.54) is 29.7 Å². The third-order valence-corrected chi connectivity index (χ3v) is 3.57. The van der Waals surface area contributed by atoms with Crippen molar-refractivity contribution in [1.29, 1.82) is 0 Å². The van der Waals surface area contributed by atoms with Gasteiger partial charge in [0.15, 0.2) is 0 Å². The molecule has 0 saturated carbocycles. The van der Waals surface area contributed by atoms with E-state index < -0.39 is 0 Å². The van der Waals surface area contributed by atoms with Crippen LogP contribution in [0.3, 0.4) is 0 Å². The smallest absolute Gasteiger partial charge is 0.0399 e. The summed E-state index contributed by atoms with van der Waals surface area (Å²) < 4.78 is 0. The molecule has 0 bridgehead atoms. The number of aryl methyl sites for hydroxylation is 1. The predicted octanol–water partition coefficient (Wildman–Crippen LogP) is 3.90. The van der Waals surface area contributed by atoms with Crippen LogP contribution in [-0.4, -0.2) is 19.1 Å². The summed E-state index contributed by atoms with van der Waals surface area (Å²) in [5, 5.41) is 0. The normalized spacial score (nSPS) is 12.5. The molecule has 0 radical (unpaired) electrons. The third kappa shape index (κ3) is 4.87. The predicted molar refractivity (Wildman–Crippen MR) is 85.9 cm³/mol. The second-order valence-corrected chi connectivity index (χ2v) is 5.49. The maximum absolute atomic E-state index is 6.15. The summed E-state index contributed by atoms with van der Waals surface area (Å²) in [6.45, 7) is 11.1. The molecule has 0 aromatic heterocycles. The molecular weight excluding hydrogens is 232 g/mol. The van der Waals surface area contributed by atoms with Crippen molar-refractivity contribution >= 4 is 5.69 Å². The van der Waals surface area contributed by atoms with Gasteiger partial charge >= 0.3 is 0 Å². The maximum Gasteiger partial charge on any atom is 0.0399 e. The molecule has 2 N–H and O–H groups in total. The van der Waals surface area contributed by atoms with Crippen LogP contribution in [0.1, 0.15) is 51.2 Å². The Hall–Kier alpha value is -1.02. The first kappa shape index (κ1) is 16.0. The van der Waals surface area contributed by atoms with Gasteiger partial charge in [0, 0.05) is 24.8 Å². The van der Waals surface area contributed by atoms with Gasteiger partial charge in [-0.1, -0.05) is 38.5 Å². The number of nitrogens with two attached hydrogens (primary N) is 1. The summed E-state index contributed by atoms with van der Waals surface area (Å²) in [7, 11) is 0. The molecule has 0 saturated heterocycles. The highest BCUT2D eigenvalue weighted by atomic mass is 15.1. The SMILES string of the molecule is CCCN(CCC)c1ccc(C)cc1CC(N)CC. The highest BCUT2D eigenvalue weighted by Crippen LogP contribution is 2.24. The van der Waals surface area contributed by atoms with Gasteiger partial charge in [-0.25, -0.2) is 0 Å². The van der Waals surface area contributed by atoms with Crippen LogP contribution in [0.25, 0.3) is 0 Å². The number of nitrogens with zero attached hydrogens (tertiary/aromatic N) is 1. The monoisotopic (exact) mass is 262 g/mol. The van der Waals surface area contributed by atoms with Crippen molar-refractivity contribution in [2.75, 3.05) is 18.0 Å². The molecule has 2 heteroatoms. The fraction of sp³-hybridized carbons (Fsp3) is 0.647. The van der Waals surface area contributed by atoms with Crippen molar-refractivity contribution in [2.24, 2.45) is 5.73 Å². The number of hydrogen-bond donors (Lipinski definition) is 1. The molecule has 1 aromatic rings. The Kier molecular flexibility index (Phi) is 6.93. The van der Waals surface area contributed by atoms with Gasteiger partial charge in [-0.15, -0.1) is 0 Å². The van der Waals surface area contributed by atoms with Crippen molar-refractivity contribution in [3.05, 3.63) is 29.3 Å². The van der Waals surface area contributed by atoms with Crippen LogP contribution in [0.15, 0.2) is 18.2 Å². The first-order chi connectivity index (χ1) is 9.12. The zero-order valence-electron chi connectivity index (χ0n) is 13.1. The molecule has 0 fully saturated rings. The minimum Gasteiger partial charge on any atom is -0.371 e. The lowest BCUT2D eigenvalue weighted by Gasteiger charge is -2.27. The second kappa shape index (κ2) is 8.21. The van der Waals surface area contributed by atoms with Gasteiger partial charge in [0.1, 0.15) is 0 Å². The van der Waals surface area contributed by atoms with E-state index in [4.69, 9.17) is 5.73 Å². The second-order valence-electron chi connectivity index (χ2n) is 5.49. The van der Waals surface area contributed by atoms with Crippen molar-refractivity contribution in [1.82, 2.24) is 0 Å². The third-order valence-electron chi connectivity index (χ3n) is 3.57. The lowest BCUT2D eigenvalue weighted by Crippen LogP contribution is -2.28. The van der Waals surface area contributed by atoms with E-state index in [1.54, 1.807) is 0 Å². The molecule has 19 heavy (non-hydrogen) atoms. The Labute approximate surface area is 119 Å². The molecule has 0 aliphatic heterocycles. The number of benzene rings is 1. The first-order valence-electron chi connectivity index (χ1n) is 7.72. The van der Waals surface area contributed by atoms with Crippen LogP contribution in [0.4, 0.5) is 5.69 Å². The molecule has 1 atom stereocenters. The van der Waals surface area contributed by atoms with Crippen LogP contribution in [-0.2, 0) is 6.42 Å². The highest BCUT2D eigenvalue weighted by molar-refractivity contribution is 5.55. The van der Waals surface area contributed by atoms with Crippen molar-refractivity contribution in [3.63, 3.8) is 0 Å². The molecule has 0 aliphatic rings. The van der Waals surface area contributed by atoms with Crippen molar-refractivity contribution in [3.8, 4) is 0 Å². The summed E-state index contributed by atoms with van der Waals surface area (Å²) in [5.41, 5.74) is 10.3. The molecular formula is C17H30N2. The highest BCUT2D eigenvalue weighted by Gasteiger charge is 2.12. The summed E-state index contributed by atoms with van der Waals surface area (Å²) in [4.78, 5) is 2.51. The minimum absolute atomic E-state index is 0.269. The molecule has 0 aliphatic carbocycles. The maximum atomic E-state index is 6.15. The lowest BCUT2D eigenvalue weighted by atomic mass is 10.00. The Morgan fingerprint density at radius 3 is 2.26 bits per heavy atom. The van der Waals surface area contributed by atoms with E-state index in [0.29, 0.717) is 0 Å². The Bertz CT molecular complexity index is 368. The van der Waals surface area contributed by atoms with Crippen LogP contribution in [0.5, 0.6) is 0 Å². The molecule has 108 valence electrons. The molecule has 1 rings (SSSR count). The van der Waals surface area contributed by atoms with Gasteiger partial charge in [-0.3, -0.25) is 0 Å². The van der Waals surface area contributed by atoms with Crippen LogP contribution in [0, 0.1) is 6.92 Å². The number of anilines is 1. The lowest BCUT2D eigenvalue weighted by molar-refractivity contribution is 0.642. The Balaban J connectivity index is 3.01. The van der Waals surface area contributed by atoms with Crippen molar-refractivity contribution in [2.45, 2.75) is 59.4 Å². The van der Waals surface area contributed by atoms with Crippen molar-refractivity contribution < 1.29 is 0 Å². The molecule has 2 nitrogen and oxygen atoms in total. The number of rotatable bonds is 8. The van der Waals surface area contributed by atoms with E-state index in [9.17, 15) is 0 Å². The van der Waals surface area contributed by atoms with Crippen LogP contribution in [0.2, 0.25) is 0 Å². The fourth-order valence-electron chi connectivity index (χ4n) is 2.51. The van der Waals surface area contributed by atoms with E-state index in [0.717, 1.165) is 25.9 Å². The van der Waals surface area contributed by atoms with Gasteiger partial charge in [0.05, 0.1) is 0 Å². The topological polar surface area (TPSA) is 29.3 Å². The average molecular weight is 262 g/mol. The molecule has 1 aromatic carbocycles. The number of hydrogen-bond acceptors (Lipinski definition) is 2. The Morgan fingerprint density at radius 1 is 1.11 bits per heavy atom.